The average Bonchev–Trinajstić information content (AvgIpc) is 3.19. The lowest BCUT2D eigenvalue weighted by molar-refractivity contribution is 0.568. The molecule has 1 fully saturated rings. The van der Waals surface area contributed by atoms with Gasteiger partial charge in [0, 0.05) is 19.1 Å². The lowest BCUT2D eigenvalue weighted by atomic mass is 10.1. The Labute approximate surface area is 131 Å². The van der Waals surface area contributed by atoms with Gasteiger partial charge in [0.05, 0.1) is 10.0 Å². The molecular formula is C15H23Cl2N3. The monoisotopic (exact) mass is 315 g/mol. The predicted octanol–water partition coefficient (Wildman–Crippen LogP) is 4.84. The normalized spacial score (nSPS) is 14.7. The van der Waals surface area contributed by atoms with Crippen LogP contribution in [0.4, 0.5) is 11.6 Å². The van der Waals surface area contributed by atoms with E-state index in [1.807, 2.05) is 6.92 Å². The highest BCUT2D eigenvalue weighted by molar-refractivity contribution is 6.37. The fourth-order valence-electron chi connectivity index (χ4n) is 2.19. The van der Waals surface area contributed by atoms with Crippen LogP contribution < -0.4 is 10.2 Å². The Bertz CT molecular complexity index is 459. The molecule has 0 saturated heterocycles. The summed E-state index contributed by atoms with van der Waals surface area (Å²) in [4.78, 5) is 7.00. The minimum atomic E-state index is 0.584. The van der Waals surface area contributed by atoms with Crippen LogP contribution in [0.2, 0.25) is 10.0 Å². The second kappa shape index (κ2) is 6.86. The van der Waals surface area contributed by atoms with Gasteiger partial charge in [-0.1, -0.05) is 37.0 Å². The first kappa shape index (κ1) is 15.7. The zero-order valence-corrected chi connectivity index (χ0v) is 13.9. The van der Waals surface area contributed by atoms with Crippen molar-refractivity contribution in [2.75, 3.05) is 23.3 Å². The van der Waals surface area contributed by atoms with Crippen molar-refractivity contribution in [3.8, 4) is 0 Å². The number of rotatable bonds is 7. The van der Waals surface area contributed by atoms with E-state index in [4.69, 9.17) is 23.2 Å². The third kappa shape index (κ3) is 3.92. The summed E-state index contributed by atoms with van der Waals surface area (Å²) in [6.45, 7) is 8.31. The highest BCUT2D eigenvalue weighted by atomic mass is 35.5. The summed E-state index contributed by atoms with van der Waals surface area (Å²) >= 11 is 12.5. The molecule has 0 radical (unpaired) electrons. The Balaban J connectivity index is 2.24. The lowest BCUT2D eigenvalue weighted by Crippen LogP contribution is -2.29. The largest absolute Gasteiger partial charge is 0.369 e. The van der Waals surface area contributed by atoms with E-state index in [2.05, 4.69) is 29.0 Å². The third-order valence-electron chi connectivity index (χ3n) is 3.46. The molecule has 1 aromatic rings. The van der Waals surface area contributed by atoms with E-state index >= 15 is 0 Å². The third-order valence-corrected chi connectivity index (χ3v) is 4.03. The van der Waals surface area contributed by atoms with Gasteiger partial charge in [-0.15, -0.1) is 0 Å². The first-order valence-corrected chi connectivity index (χ1v) is 8.15. The molecule has 5 heteroatoms. The average molecular weight is 316 g/mol. The molecule has 1 saturated carbocycles. The number of aromatic nitrogens is 1. The smallest absolute Gasteiger partial charge is 0.150 e. The van der Waals surface area contributed by atoms with Crippen molar-refractivity contribution in [3.63, 3.8) is 0 Å². The van der Waals surface area contributed by atoms with E-state index in [0.29, 0.717) is 22.0 Å². The number of halogens is 2. The van der Waals surface area contributed by atoms with Gasteiger partial charge in [0.1, 0.15) is 11.6 Å². The SMILES string of the molecule is CCNc1nc(N(CCC(C)C)C2CC2)c(Cl)cc1Cl. The van der Waals surface area contributed by atoms with Gasteiger partial charge in [0.2, 0.25) is 0 Å². The molecule has 0 unspecified atom stereocenters. The Morgan fingerprint density at radius 3 is 2.60 bits per heavy atom. The standard InChI is InChI=1S/C15H23Cl2N3/c1-4-18-14-12(16)9-13(17)15(19-14)20(11-5-6-11)8-7-10(2)3/h9-11H,4-8H2,1-3H3,(H,18,19). The molecule has 0 spiro atoms. The molecule has 2 rings (SSSR count). The van der Waals surface area contributed by atoms with Crippen molar-refractivity contribution in [3.05, 3.63) is 16.1 Å². The van der Waals surface area contributed by atoms with E-state index in [1.54, 1.807) is 6.07 Å². The van der Waals surface area contributed by atoms with Crippen LogP contribution >= 0.6 is 23.2 Å². The molecule has 1 aliphatic carbocycles. The number of hydrogen-bond donors (Lipinski definition) is 1. The quantitative estimate of drug-likeness (QED) is 0.780. The van der Waals surface area contributed by atoms with Crippen molar-refractivity contribution in [2.24, 2.45) is 5.92 Å². The van der Waals surface area contributed by atoms with Crippen LogP contribution in [0.25, 0.3) is 0 Å². The van der Waals surface area contributed by atoms with Crippen molar-refractivity contribution < 1.29 is 0 Å². The van der Waals surface area contributed by atoms with E-state index in [9.17, 15) is 0 Å². The minimum absolute atomic E-state index is 0.584. The van der Waals surface area contributed by atoms with Gasteiger partial charge in [-0.3, -0.25) is 0 Å². The molecule has 3 nitrogen and oxygen atoms in total. The molecule has 0 aromatic carbocycles. The van der Waals surface area contributed by atoms with Crippen LogP contribution in [-0.2, 0) is 0 Å². The molecule has 20 heavy (non-hydrogen) atoms. The summed E-state index contributed by atoms with van der Waals surface area (Å²) in [7, 11) is 0. The first-order chi connectivity index (χ1) is 9.52. The molecule has 1 aliphatic rings. The van der Waals surface area contributed by atoms with E-state index in [0.717, 1.165) is 31.1 Å². The number of hydrogen-bond acceptors (Lipinski definition) is 3. The van der Waals surface area contributed by atoms with Crippen molar-refractivity contribution >= 4 is 34.8 Å². The predicted molar refractivity (Wildman–Crippen MR) is 88.2 cm³/mol. The molecule has 0 atom stereocenters. The summed E-state index contributed by atoms with van der Waals surface area (Å²) in [5.74, 6) is 2.27. The van der Waals surface area contributed by atoms with Gasteiger partial charge < -0.3 is 10.2 Å². The van der Waals surface area contributed by atoms with E-state index in [-0.39, 0.29) is 0 Å². The molecule has 1 heterocycles. The number of nitrogens with one attached hydrogen (secondary N) is 1. The number of anilines is 2. The minimum Gasteiger partial charge on any atom is -0.369 e. The maximum Gasteiger partial charge on any atom is 0.150 e. The van der Waals surface area contributed by atoms with Crippen LogP contribution in [-0.4, -0.2) is 24.1 Å². The fraction of sp³-hybridized carbons (Fsp3) is 0.667. The molecule has 0 amide bonds. The van der Waals surface area contributed by atoms with Gasteiger partial charge in [-0.25, -0.2) is 4.98 Å². The topological polar surface area (TPSA) is 28.2 Å². The molecule has 1 N–H and O–H groups in total. The Morgan fingerprint density at radius 1 is 1.35 bits per heavy atom. The van der Waals surface area contributed by atoms with Gasteiger partial charge in [0.15, 0.2) is 0 Å². The summed E-state index contributed by atoms with van der Waals surface area (Å²) in [5, 5.41) is 4.42. The summed E-state index contributed by atoms with van der Waals surface area (Å²) in [6.07, 6.45) is 3.61. The molecule has 112 valence electrons. The van der Waals surface area contributed by atoms with Crippen molar-refractivity contribution in [1.29, 1.82) is 0 Å². The Morgan fingerprint density at radius 2 is 2.05 bits per heavy atom. The summed E-state index contributed by atoms with van der Waals surface area (Å²) < 4.78 is 0. The van der Waals surface area contributed by atoms with Crippen LogP contribution in [0.15, 0.2) is 6.07 Å². The van der Waals surface area contributed by atoms with Crippen LogP contribution in [0.3, 0.4) is 0 Å². The molecular weight excluding hydrogens is 293 g/mol. The second-order valence-corrected chi connectivity index (χ2v) is 6.58. The number of nitrogens with zero attached hydrogens (tertiary/aromatic N) is 2. The van der Waals surface area contributed by atoms with Crippen LogP contribution in [0.5, 0.6) is 0 Å². The maximum atomic E-state index is 6.37. The molecule has 0 bridgehead atoms. The zero-order chi connectivity index (χ0) is 14.7. The van der Waals surface area contributed by atoms with Crippen LogP contribution in [0, 0.1) is 5.92 Å². The van der Waals surface area contributed by atoms with Crippen molar-refractivity contribution in [2.45, 2.75) is 46.1 Å². The molecule has 0 aliphatic heterocycles. The van der Waals surface area contributed by atoms with E-state index in [1.165, 1.54) is 12.8 Å². The van der Waals surface area contributed by atoms with Gasteiger partial charge in [0.25, 0.3) is 0 Å². The highest BCUT2D eigenvalue weighted by Gasteiger charge is 2.31. The Kier molecular flexibility index (Phi) is 5.39. The van der Waals surface area contributed by atoms with Gasteiger partial charge in [-0.05, 0) is 38.2 Å². The maximum absolute atomic E-state index is 6.37. The zero-order valence-electron chi connectivity index (χ0n) is 12.4. The summed E-state index contributed by atoms with van der Waals surface area (Å²) in [5.41, 5.74) is 0. The Hall–Kier alpha value is -0.670. The van der Waals surface area contributed by atoms with E-state index < -0.39 is 0 Å². The van der Waals surface area contributed by atoms with Crippen molar-refractivity contribution in [1.82, 2.24) is 4.98 Å². The fourth-order valence-corrected chi connectivity index (χ4v) is 2.73. The first-order valence-electron chi connectivity index (χ1n) is 7.39. The molecule has 1 aromatic heterocycles. The highest BCUT2D eigenvalue weighted by Crippen LogP contribution is 2.37. The van der Waals surface area contributed by atoms with Crippen LogP contribution in [0.1, 0.15) is 40.0 Å². The summed E-state index contributed by atoms with van der Waals surface area (Å²) in [6, 6.07) is 2.39. The second-order valence-electron chi connectivity index (χ2n) is 5.76. The number of pyridine rings is 1. The van der Waals surface area contributed by atoms with Gasteiger partial charge in [-0.2, -0.15) is 0 Å². The van der Waals surface area contributed by atoms with Gasteiger partial charge >= 0.3 is 0 Å². The lowest BCUT2D eigenvalue weighted by Gasteiger charge is -2.26.